The zero-order chi connectivity index (χ0) is 21.4. The smallest absolute Gasteiger partial charge is 0.335 e. The van der Waals surface area contributed by atoms with Gasteiger partial charge in [-0.2, -0.15) is 0 Å². The van der Waals surface area contributed by atoms with E-state index in [1.54, 1.807) is 24.3 Å². The molecule has 29 heavy (non-hydrogen) atoms. The summed E-state index contributed by atoms with van der Waals surface area (Å²) in [5.74, 6) is -0.181. The van der Waals surface area contributed by atoms with Gasteiger partial charge in [-0.1, -0.05) is 43.0 Å². The molecule has 1 N–H and O–H groups in total. The summed E-state index contributed by atoms with van der Waals surface area (Å²) < 4.78 is 5.90. The standard InChI is InChI=1S/C25H33NO3/c1-6-16-29-24-13-12-21(25(27)28)17-23(24)22(20-10-8-7-9-11-20)14-15-26(18(2)3)19(4)5/h6-13,17-19,22H,1,14-16H2,2-5H3,(H,27,28). The van der Waals surface area contributed by atoms with E-state index in [0.29, 0.717) is 24.4 Å². The van der Waals surface area contributed by atoms with Crippen LogP contribution in [0.2, 0.25) is 0 Å². The van der Waals surface area contributed by atoms with Crippen molar-refractivity contribution >= 4 is 5.97 Å². The number of carboxylic acid groups (broad SMARTS) is 1. The quantitative estimate of drug-likeness (QED) is 0.504. The first-order valence-electron chi connectivity index (χ1n) is 10.3. The fraction of sp³-hybridized carbons (Fsp3) is 0.400. The van der Waals surface area contributed by atoms with E-state index in [1.807, 2.05) is 18.2 Å². The topological polar surface area (TPSA) is 49.8 Å². The number of hydrogen-bond donors (Lipinski definition) is 1. The minimum absolute atomic E-state index is 0.0373. The van der Waals surface area contributed by atoms with E-state index >= 15 is 0 Å². The molecule has 156 valence electrons. The van der Waals surface area contributed by atoms with Crippen molar-refractivity contribution < 1.29 is 14.6 Å². The van der Waals surface area contributed by atoms with Crippen LogP contribution in [0.4, 0.5) is 0 Å². The summed E-state index contributed by atoms with van der Waals surface area (Å²) in [6, 6.07) is 16.2. The van der Waals surface area contributed by atoms with E-state index in [0.717, 1.165) is 24.1 Å². The molecular formula is C25H33NO3. The van der Waals surface area contributed by atoms with Crippen LogP contribution in [0.25, 0.3) is 0 Å². The maximum absolute atomic E-state index is 11.6. The van der Waals surface area contributed by atoms with Crippen LogP contribution in [0, 0.1) is 0 Å². The van der Waals surface area contributed by atoms with Gasteiger partial charge in [0.25, 0.3) is 0 Å². The van der Waals surface area contributed by atoms with Crippen LogP contribution in [0.15, 0.2) is 61.2 Å². The molecule has 4 heteroatoms. The molecule has 0 spiro atoms. The normalized spacial score (nSPS) is 12.4. The molecule has 0 amide bonds. The molecule has 0 aromatic heterocycles. The lowest BCUT2D eigenvalue weighted by atomic mass is 9.86. The molecule has 0 saturated heterocycles. The Morgan fingerprint density at radius 3 is 2.31 bits per heavy atom. The molecule has 0 heterocycles. The summed E-state index contributed by atoms with van der Waals surface area (Å²) in [7, 11) is 0. The van der Waals surface area contributed by atoms with Gasteiger partial charge >= 0.3 is 5.97 Å². The second-order valence-electron chi connectivity index (χ2n) is 7.83. The number of ether oxygens (including phenoxy) is 1. The fourth-order valence-electron chi connectivity index (χ4n) is 3.81. The lowest BCUT2D eigenvalue weighted by Gasteiger charge is -2.32. The number of carbonyl (C=O) groups is 1. The summed E-state index contributed by atoms with van der Waals surface area (Å²) in [6.45, 7) is 13.9. The maximum atomic E-state index is 11.6. The third kappa shape index (κ3) is 6.20. The molecule has 0 bridgehead atoms. The predicted octanol–water partition coefficient (Wildman–Crippen LogP) is 5.59. The molecule has 0 aliphatic rings. The average Bonchev–Trinajstić information content (AvgIpc) is 2.69. The first-order valence-corrected chi connectivity index (χ1v) is 10.3. The van der Waals surface area contributed by atoms with Crippen molar-refractivity contribution in [1.82, 2.24) is 4.90 Å². The van der Waals surface area contributed by atoms with Gasteiger partial charge in [0.15, 0.2) is 0 Å². The molecular weight excluding hydrogens is 362 g/mol. The highest BCUT2D eigenvalue weighted by atomic mass is 16.5. The van der Waals surface area contributed by atoms with Gasteiger partial charge in [-0.25, -0.2) is 4.79 Å². The summed E-state index contributed by atoms with van der Waals surface area (Å²) >= 11 is 0. The number of benzene rings is 2. The minimum Gasteiger partial charge on any atom is -0.489 e. The van der Waals surface area contributed by atoms with Crippen LogP contribution in [0.3, 0.4) is 0 Å². The zero-order valence-electron chi connectivity index (χ0n) is 18.0. The molecule has 1 atom stereocenters. The molecule has 2 aromatic carbocycles. The molecule has 2 aromatic rings. The van der Waals surface area contributed by atoms with Crippen molar-refractivity contribution in [3.05, 3.63) is 77.9 Å². The van der Waals surface area contributed by atoms with E-state index in [-0.39, 0.29) is 11.5 Å². The van der Waals surface area contributed by atoms with E-state index in [2.05, 4.69) is 51.3 Å². The Hall–Kier alpha value is -2.59. The van der Waals surface area contributed by atoms with Crippen molar-refractivity contribution in [2.45, 2.75) is 52.1 Å². The van der Waals surface area contributed by atoms with Gasteiger partial charge in [0.2, 0.25) is 0 Å². The number of nitrogens with zero attached hydrogens (tertiary/aromatic N) is 1. The van der Waals surface area contributed by atoms with E-state index in [9.17, 15) is 9.90 Å². The predicted molar refractivity (Wildman–Crippen MR) is 119 cm³/mol. The van der Waals surface area contributed by atoms with Gasteiger partial charge in [0.05, 0.1) is 5.56 Å². The van der Waals surface area contributed by atoms with Crippen LogP contribution in [0.1, 0.15) is 61.5 Å². The number of aromatic carboxylic acids is 1. The van der Waals surface area contributed by atoms with Crippen molar-refractivity contribution in [2.75, 3.05) is 13.2 Å². The highest BCUT2D eigenvalue weighted by Crippen LogP contribution is 2.36. The largest absolute Gasteiger partial charge is 0.489 e. The molecule has 0 saturated carbocycles. The summed E-state index contributed by atoms with van der Waals surface area (Å²) in [5, 5.41) is 9.53. The first-order chi connectivity index (χ1) is 13.8. The lowest BCUT2D eigenvalue weighted by Crippen LogP contribution is -2.38. The Morgan fingerprint density at radius 1 is 1.10 bits per heavy atom. The SMILES string of the molecule is C=CCOc1ccc(C(=O)O)cc1C(CCN(C(C)C)C(C)C)c1ccccc1. The van der Waals surface area contributed by atoms with Gasteiger partial charge in [-0.15, -0.1) is 0 Å². The van der Waals surface area contributed by atoms with Gasteiger partial charge in [0, 0.05) is 23.6 Å². The lowest BCUT2D eigenvalue weighted by molar-refractivity contribution is 0.0696. The monoisotopic (exact) mass is 395 g/mol. The Kier molecular flexibility index (Phi) is 8.47. The highest BCUT2D eigenvalue weighted by Gasteiger charge is 2.23. The molecule has 0 fully saturated rings. The van der Waals surface area contributed by atoms with E-state index in [4.69, 9.17) is 4.74 Å². The van der Waals surface area contributed by atoms with Gasteiger partial charge in [0.1, 0.15) is 12.4 Å². The van der Waals surface area contributed by atoms with Crippen LogP contribution < -0.4 is 4.74 Å². The van der Waals surface area contributed by atoms with Crippen molar-refractivity contribution in [1.29, 1.82) is 0 Å². The second kappa shape index (κ2) is 10.8. The van der Waals surface area contributed by atoms with Crippen LogP contribution in [0.5, 0.6) is 5.75 Å². The van der Waals surface area contributed by atoms with Crippen LogP contribution in [-0.2, 0) is 0 Å². The van der Waals surface area contributed by atoms with Crippen LogP contribution >= 0.6 is 0 Å². The summed E-state index contributed by atoms with van der Waals surface area (Å²) in [4.78, 5) is 14.1. The molecule has 1 unspecified atom stereocenters. The number of carboxylic acids is 1. The summed E-state index contributed by atoms with van der Waals surface area (Å²) in [6.07, 6.45) is 2.57. The van der Waals surface area contributed by atoms with Gasteiger partial charge < -0.3 is 9.84 Å². The van der Waals surface area contributed by atoms with Gasteiger partial charge in [-0.3, -0.25) is 4.90 Å². The third-order valence-corrected chi connectivity index (χ3v) is 5.19. The van der Waals surface area contributed by atoms with Gasteiger partial charge in [-0.05, 0) is 64.4 Å². The van der Waals surface area contributed by atoms with Crippen molar-refractivity contribution in [2.24, 2.45) is 0 Å². The average molecular weight is 396 g/mol. The molecule has 0 aliphatic carbocycles. The number of hydrogen-bond acceptors (Lipinski definition) is 3. The van der Waals surface area contributed by atoms with E-state index in [1.165, 1.54) is 0 Å². The molecule has 0 aliphatic heterocycles. The van der Waals surface area contributed by atoms with Crippen molar-refractivity contribution in [3.63, 3.8) is 0 Å². The molecule has 0 radical (unpaired) electrons. The fourth-order valence-corrected chi connectivity index (χ4v) is 3.81. The minimum atomic E-state index is -0.931. The Balaban J connectivity index is 2.48. The van der Waals surface area contributed by atoms with E-state index < -0.39 is 5.97 Å². The second-order valence-corrected chi connectivity index (χ2v) is 7.83. The number of rotatable bonds is 11. The zero-order valence-corrected chi connectivity index (χ0v) is 18.0. The molecule has 4 nitrogen and oxygen atoms in total. The van der Waals surface area contributed by atoms with Crippen molar-refractivity contribution in [3.8, 4) is 5.75 Å². The Labute approximate surface area is 174 Å². The molecule has 2 rings (SSSR count). The highest BCUT2D eigenvalue weighted by molar-refractivity contribution is 5.88. The Morgan fingerprint density at radius 2 is 1.76 bits per heavy atom. The third-order valence-electron chi connectivity index (χ3n) is 5.19. The van der Waals surface area contributed by atoms with Crippen LogP contribution in [-0.4, -0.2) is 41.2 Å². The first kappa shape index (κ1) is 22.7. The summed E-state index contributed by atoms with van der Waals surface area (Å²) in [5.41, 5.74) is 2.34. The Bertz CT molecular complexity index is 791. The maximum Gasteiger partial charge on any atom is 0.335 e.